The monoisotopic (exact) mass is 535 g/mol. The Labute approximate surface area is 220 Å². The molecule has 194 valence electrons. The van der Waals surface area contributed by atoms with Crippen LogP contribution in [0.3, 0.4) is 0 Å². The summed E-state index contributed by atoms with van der Waals surface area (Å²) >= 11 is 1.82. The van der Waals surface area contributed by atoms with Crippen molar-refractivity contribution >= 4 is 40.1 Å². The van der Waals surface area contributed by atoms with E-state index in [0.29, 0.717) is 64.5 Å². The number of thioether (sulfide) groups is 1. The van der Waals surface area contributed by atoms with E-state index < -0.39 is 23.0 Å². The van der Waals surface area contributed by atoms with Crippen LogP contribution in [0.5, 0.6) is 0 Å². The molecule has 8 nitrogen and oxygen atoms in total. The van der Waals surface area contributed by atoms with Crippen LogP contribution in [0.4, 0.5) is 20.2 Å². The first-order valence-electron chi connectivity index (χ1n) is 12.1. The number of benzene rings is 1. The highest BCUT2D eigenvalue weighted by Gasteiger charge is 2.34. The highest BCUT2D eigenvalue weighted by Crippen LogP contribution is 2.50. The number of aryl methyl sites for hydroxylation is 1. The number of aromatic carboxylic acids is 1. The summed E-state index contributed by atoms with van der Waals surface area (Å²) in [5, 5.41) is 12.6. The Morgan fingerprint density at radius 3 is 2.61 bits per heavy atom. The van der Waals surface area contributed by atoms with E-state index in [0.717, 1.165) is 11.5 Å². The summed E-state index contributed by atoms with van der Waals surface area (Å²) in [4.78, 5) is 36.0. The molecule has 0 unspecified atom stereocenters. The number of carboxylic acid groups (broad SMARTS) is 1. The smallest absolute Gasteiger partial charge is 0.341 e. The predicted octanol–water partition coefficient (Wildman–Crippen LogP) is 4.14. The minimum absolute atomic E-state index is 0.153. The van der Waals surface area contributed by atoms with Gasteiger partial charge in [0.15, 0.2) is 11.6 Å². The zero-order valence-corrected chi connectivity index (χ0v) is 21.5. The minimum Gasteiger partial charge on any atom is -0.477 e. The average molecular weight is 536 g/mol. The van der Waals surface area contributed by atoms with E-state index in [1.54, 1.807) is 32.6 Å². The second-order valence-corrected chi connectivity index (χ2v) is 10.5. The van der Waals surface area contributed by atoms with Gasteiger partial charge in [0.2, 0.25) is 5.43 Å². The predicted molar refractivity (Wildman–Crippen MR) is 144 cm³/mol. The van der Waals surface area contributed by atoms with Gasteiger partial charge in [0.25, 0.3) is 0 Å². The van der Waals surface area contributed by atoms with Gasteiger partial charge in [-0.2, -0.15) is 11.8 Å². The van der Waals surface area contributed by atoms with Gasteiger partial charge in [0, 0.05) is 97.7 Å². The van der Waals surface area contributed by atoms with Crippen LogP contribution in [0, 0.1) is 11.6 Å². The molecule has 4 aromatic rings. The van der Waals surface area contributed by atoms with E-state index >= 15 is 4.39 Å². The first-order chi connectivity index (χ1) is 18.3. The Bertz CT molecular complexity index is 1720. The van der Waals surface area contributed by atoms with E-state index in [1.807, 2.05) is 11.8 Å². The molecule has 1 fully saturated rings. The fraction of sp³-hybridized carbons (Fsp3) is 0.259. The highest BCUT2D eigenvalue weighted by molar-refractivity contribution is 7.99. The Morgan fingerprint density at radius 1 is 1.13 bits per heavy atom. The van der Waals surface area contributed by atoms with Gasteiger partial charge in [0.05, 0.1) is 16.8 Å². The summed E-state index contributed by atoms with van der Waals surface area (Å²) < 4.78 is 31.7. The van der Waals surface area contributed by atoms with E-state index in [4.69, 9.17) is 0 Å². The Kier molecular flexibility index (Phi) is 5.82. The number of carboxylic acids is 1. The number of pyridine rings is 3. The van der Waals surface area contributed by atoms with Crippen molar-refractivity contribution in [2.75, 3.05) is 41.9 Å². The first kappa shape index (κ1) is 24.4. The molecule has 38 heavy (non-hydrogen) atoms. The zero-order chi connectivity index (χ0) is 26.7. The number of hydrogen-bond donors (Lipinski definition) is 2. The van der Waals surface area contributed by atoms with Crippen molar-refractivity contribution in [3.63, 3.8) is 0 Å². The first-order valence-corrected chi connectivity index (χ1v) is 13.2. The molecular formula is C27H23F2N5O3S. The maximum Gasteiger partial charge on any atom is 0.341 e. The molecule has 1 aliphatic heterocycles. The van der Waals surface area contributed by atoms with E-state index in [-0.39, 0.29) is 16.5 Å². The molecule has 3 aromatic heterocycles. The maximum absolute atomic E-state index is 15.4. The molecule has 11 heteroatoms. The molecule has 1 aromatic carbocycles. The van der Waals surface area contributed by atoms with Gasteiger partial charge in [-0.3, -0.25) is 9.78 Å². The summed E-state index contributed by atoms with van der Waals surface area (Å²) in [7, 11) is 3.30. The number of aromatic nitrogens is 3. The lowest BCUT2D eigenvalue weighted by atomic mass is 9.97. The number of anilines is 2. The van der Waals surface area contributed by atoms with E-state index in [1.165, 1.54) is 16.8 Å². The van der Waals surface area contributed by atoms with Crippen LogP contribution < -0.4 is 15.6 Å². The molecule has 6 rings (SSSR count). The lowest BCUT2D eigenvalue weighted by Crippen LogP contribution is -2.33. The van der Waals surface area contributed by atoms with Crippen LogP contribution in [-0.4, -0.2) is 57.3 Å². The topological polar surface area (TPSA) is 100 Å². The molecule has 0 spiro atoms. The van der Waals surface area contributed by atoms with Crippen LogP contribution in [-0.2, 0) is 13.5 Å². The number of rotatable bonds is 4. The highest BCUT2D eigenvalue weighted by atomic mass is 32.2. The van der Waals surface area contributed by atoms with Crippen molar-refractivity contribution in [2.45, 2.75) is 6.42 Å². The fourth-order valence-electron chi connectivity index (χ4n) is 5.43. The average Bonchev–Trinajstić information content (AvgIpc) is 3.32. The Balaban J connectivity index is 1.66. The maximum atomic E-state index is 15.4. The van der Waals surface area contributed by atoms with Gasteiger partial charge in [-0.05, 0) is 11.6 Å². The molecule has 0 saturated carbocycles. The lowest BCUT2D eigenvalue weighted by Gasteiger charge is -2.32. The summed E-state index contributed by atoms with van der Waals surface area (Å²) in [5.41, 5.74) is 3.78. The van der Waals surface area contributed by atoms with Crippen LogP contribution in [0.15, 0.2) is 35.5 Å². The molecule has 0 bridgehead atoms. The quantitative estimate of drug-likeness (QED) is 0.354. The zero-order valence-electron chi connectivity index (χ0n) is 20.6. The largest absolute Gasteiger partial charge is 0.477 e. The van der Waals surface area contributed by atoms with Crippen LogP contribution in [0.2, 0.25) is 0 Å². The van der Waals surface area contributed by atoms with Crippen molar-refractivity contribution in [1.29, 1.82) is 0 Å². The molecule has 2 N–H and O–H groups in total. The normalized spacial score (nSPS) is 14.5. The Morgan fingerprint density at radius 2 is 1.89 bits per heavy atom. The minimum atomic E-state index is -1.32. The molecule has 0 atom stereocenters. The number of carbonyl (C=O) groups is 1. The van der Waals surface area contributed by atoms with Crippen molar-refractivity contribution in [2.24, 2.45) is 7.05 Å². The molecule has 1 aliphatic carbocycles. The van der Waals surface area contributed by atoms with E-state index in [2.05, 4.69) is 20.2 Å². The molecule has 2 aliphatic rings. The molecule has 4 heterocycles. The van der Waals surface area contributed by atoms with Crippen LogP contribution in [0.1, 0.15) is 21.6 Å². The van der Waals surface area contributed by atoms with Crippen molar-refractivity contribution in [1.82, 2.24) is 14.5 Å². The number of nitrogens with zero attached hydrogens (tertiary/aromatic N) is 4. The third-order valence-corrected chi connectivity index (χ3v) is 8.14. The van der Waals surface area contributed by atoms with Crippen molar-refractivity contribution in [3.05, 3.63) is 69.4 Å². The van der Waals surface area contributed by atoms with Gasteiger partial charge >= 0.3 is 5.97 Å². The molecule has 0 radical (unpaired) electrons. The second-order valence-electron chi connectivity index (χ2n) is 9.32. The number of halogens is 2. The fourth-order valence-corrected chi connectivity index (χ4v) is 6.33. The van der Waals surface area contributed by atoms with Crippen molar-refractivity contribution in [3.8, 4) is 22.3 Å². The SMILES string of the molecule is CNc1cc(F)c(F)c2c1Cc1ncc(-c3cnc4c(c3)c(=O)c(C(=O)O)cn4C)c(N3CCSCC3)c1-2. The number of nitrogens with one attached hydrogen (secondary N) is 1. The lowest BCUT2D eigenvalue weighted by molar-refractivity contribution is 0.0695. The van der Waals surface area contributed by atoms with Gasteiger partial charge in [-0.15, -0.1) is 0 Å². The third-order valence-electron chi connectivity index (χ3n) is 7.20. The molecule has 0 amide bonds. The number of hydrogen-bond acceptors (Lipinski definition) is 7. The van der Waals surface area contributed by atoms with Gasteiger partial charge in [0.1, 0.15) is 11.2 Å². The standard InChI is InChI=1S/C27H23F2N5O3S/c1-30-19-9-18(28)23(29)21-14(19)8-20-22(21)24(34-3-5-38-6-4-34)16(11-31-20)13-7-15-25(35)17(27(36)37)12-33(2)26(15)32-10-13/h7,9-12,30H,3-6,8H2,1-2H3,(H,36,37). The third kappa shape index (κ3) is 3.64. The van der Waals surface area contributed by atoms with Gasteiger partial charge in [-0.25, -0.2) is 18.6 Å². The second kappa shape index (κ2) is 9.09. The Hall–Kier alpha value is -3.99. The summed E-state index contributed by atoms with van der Waals surface area (Å²) in [6.07, 6.45) is 4.89. The van der Waals surface area contributed by atoms with E-state index in [9.17, 15) is 19.1 Å². The summed E-state index contributed by atoms with van der Waals surface area (Å²) in [6, 6.07) is 2.78. The summed E-state index contributed by atoms with van der Waals surface area (Å²) in [5.74, 6) is -1.44. The number of fused-ring (bicyclic) bond motifs is 4. The van der Waals surface area contributed by atoms with Gasteiger partial charge < -0.3 is 19.9 Å². The molecular weight excluding hydrogens is 512 g/mol. The van der Waals surface area contributed by atoms with Gasteiger partial charge in [-0.1, -0.05) is 0 Å². The summed E-state index contributed by atoms with van der Waals surface area (Å²) in [6.45, 7) is 1.40. The van der Waals surface area contributed by atoms with Crippen LogP contribution in [0.25, 0.3) is 33.3 Å². The van der Waals surface area contributed by atoms with Crippen LogP contribution >= 0.6 is 11.8 Å². The van der Waals surface area contributed by atoms with Crippen molar-refractivity contribution < 1.29 is 18.7 Å². The molecule has 1 saturated heterocycles.